The number of thiophene rings is 1. The monoisotopic (exact) mass is 418 g/mol. The lowest BCUT2D eigenvalue weighted by molar-refractivity contribution is 0.656. The van der Waals surface area contributed by atoms with Gasteiger partial charge in [-0.15, -0.1) is 11.3 Å². The smallest absolute Gasteiger partial charge is 0.272 e. The molecule has 0 radical (unpaired) electrons. The first kappa shape index (κ1) is 18.6. The zero-order valence-corrected chi connectivity index (χ0v) is 17.8. The van der Waals surface area contributed by atoms with Crippen LogP contribution >= 0.6 is 23.1 Å². The summed E-state index contributed by atoms with van der Waals surface area (Å²) in [4.78, 5) is 19.9. The summed E-state index contributed by atoms with van der Waals surface area (Å²) < 4.78 is 2.70. The van der Waals surface area contributed by atoms with Crippen molar-refractivity contribution in [2.24, 2.45) is 0 Å². The third-order valence-corrected chi connectivity index (χ3v) is 7.73. The Bertz CT molecular complexity index is 1200. The van der Waals surface area contributed by atoms with Gasteiger partial charge in [-0.1, -0.05) is 72.4 Å². The Morgan fingerprint density at radius 3 is 2.38 bits per heavy atom. The maximum atomic E-state index is 13.5. The van der Waals surface area contributed by atoms with Crippen molar-refractivity contribution in [2.45, 2.75) is 43.1 Å². The molecule has 0 fully saturated rings. The van der Waals surface area contributed by atoms with Crippen molar-refractivity contribution in [3.8, 4) is 0 Å². The minimum absolute atomic E-state index is 0.105. The fourth-order valence-electron chi connectivity index (χ4n) is 3.92. The van der Waals surface area contributed by atoms with Crippen molar-refractivity contribution in [1.82, 2.24) is 9.55 Å². The Hall–Kier alpha value is -2.37. The first-order chi connectivity index (χ1) is 14.3. The highest BCUT2D eigenvalue weighted by molar-refractivity contribution is 7.98. The molecule has 0 bridgehead atoms. The first-order valence-electron chi connectivity index (χ1n) is 10.1. The summed E-state index contributed by atoms with van der Waals surface area (Å²) in [6.07, 6.45) is 4.54. The molecule has 5 rings (SSSR count). The van der Waals surface area contributed by atoms with Crippen LogP contribution in [0.15, 0.2) is 70.6 Å². The third-order valence-electron chi connectivity index (χ3n) is 5.42. The van der Waals surface area contributed by atoms with Gasteiger partial charge in [0.1, 0.15) is 4.70 Å². The first-order valence-corrected chi connectivity index (χ1v) is 11.9. The molecule has 0 amide bonds. The molecule has 5 heteroatoms. The summed E-state index contributed by atoms with van der Waals surface area (Å²) in [5.74, 6) is 0.805. The number of hydrogen-bond acceptors (Lipinski definition) is 4. The molecule has 1 aliphatic carbocycles. The van der Waals surface area contributed by atoms with Crippen LogP contribution in [0.1, 0.15) is 34.4 Å². The molecule has 0 saturated heterocycles. The maximum absolute atomic E-state index is 13.5. The molecule has 29 heavy (non-hydrogen) atoms. The molecular weight excluding hydrogens is 396 g/mol. The van der Waals surface area contributed by atoms with E-state index in [1.54, 1.807) is 23.1 Å². The lowest BCUT2D eigenvalue weighted by Crippen LogP contribution is -2.23. The predicted octanol–water partition coefficient (Wildman–Crippen LogP) is 5.68. The van der Waals surface area contributed by atoms with Gasteiger partial charge in [0.15, 0.2) is 5.16 Å². The van der Waals surface area contributed by atoms with Crippen LogP contribution in [0.4, 0.5) is 0 Å². The van der Waals surface area contributed by atoms with Gasteiger partial charge in [-0.25, -0.2) is 4.98 Å². The number of benzene rings is 2. The van der Waals surface area contributed by atoms with Crippen LogP contribution in [0.2, 0.25) is 0 Å². The van der Waals surface area contributed by atoms with Crippen LogP contribution in [0.25, 0.3) is 10.2 Å². The topological polar surface area (TPSA) is 34.9 Å². The fraction of sp³-hybridized carbons (Fsp3) is 0.250. The highest BCUT2D eigenvalue weighted by Gasteiger charge is 2.22. The van der Waals surface area contributed by atoms with E-state index in [0.717, 1.165) is 39.5 Å². The summed E-state index contributed by atoms with van der Waals surface area (Å²) in [6, 6.07) is 20.6. The highest BCUT2D eigenvalue weighted by Crippen LogP contribution is 2.35. The van der Waals surface area contributed by atoms with Crippen molar-refractivity contribution < 1.29 is 0 Å². The van der Waals surface area contributed by atoms with Crippen LogP contribution in [0.3, 0.4) is 0 Å². The van der Waals surface area contributed by atoms with E-state index in [1.807, 2.05) is 28.8 Å². The lowest BCUT2D eigenvalue weighted by Gasteiger charge is -2.13. The number of thioether (sulfide) groups is 1. The van der Waals surface area contributed by atoms with Gasteiger partial charge in [0.25, 0.3) is 5.56 Å². The van der Waals surface area contributed by atoms with E-state index in [0.29, 0.717) is 6.54 Å². The summed E-state index contributed by atoms with van der Waals surface area (Å²) in [5.41, 5.74) is 4.74. The SMILES string of the molecule is O=c1c2sc3c(c2nc(SCc2ccccc2)n1Cc1ccccc1)CCCC3. The van der Waals surface area contributed by atoms with Crippen molar-refractivity contribution in [3.63, 3.8) is 0 Å². The number of aromatic nitrogens is 2. The Morgan fingerprint density at radius 2 is 1.62 bits per heavy atom. The summed E-state index contributed by atoms with van der Waals surface area (Å²) in [7, 11) is 0. The Morgan fingerprint density at radius 1 is 0.931 bits per heavy atom. The minimum Gasteiger partial charge on any atom is -0.282 e. The van der Waals surface area contributed by atoms with Gasteiger partial charge in [-0.3, -0.25) is 9.36 Å². The highest BCUT2D eigenvalue weighted by atomic mass is 32.2. The molecule has 1 aliphatic rings. The fourth-order valence-corrected chi connectivity index (χ4v) is 6.14. The molecule has 0 saturated carbocycles. The van der Waals surface area contributed by atoms with Gasteiger partial charge < -0.3 is 0 Å². The van der Waals surface area contributed by atoms with E-state index in [2.05, 4.69) is 36.4 Å². The third kappa shape index (κ3) is 3.77. The molecule has 146 valence electrons. The number of hydrogen-bond donors (Lipinski definition) is 0. The average Bonchev–Trinajstić information content (AvgIpc) is 3.15. The quantitative estimate of drug-likeness (QED) is 0.309. The Kier molecular flexibility index (Phi) is 5.25. The van der Waals surface area contributed by atoms with Crippen LogP contribution in [-0.4, -0.2) is 9.55 Å². The summed E-state index contributed by atoms with van der Waals surface area (Å²) in [5, 5.41) is 0.821. The number of aryl methyl sites for hydroxylation is 2. The average molecular weight is 419 g/mol. The Labute approximate surface area is 178 Å². The normalized spacial score (nSPS) is 13.5. The minimum atomic E-state index is 0.105. The second-order valence-electron chi connectivity index (χ2n) is 7.43. The molecule has 0 atom stereocenters. The van der Waals surface area contributed by atoms with Gasteiger partial charge in [0.05, 0.1) is 12.1 Å². The van der Waals surface area contributed by atoms with Gasteiger partial charge in [0, 0.05) is 10.6 Å². The molecular formula is C24H22N2OS2. The van der Waals surface area contributed by atoms with Crippen LogP contribution < -0.4 is 5.56 Å². The molecule has 2 aromatic heterocycles. The summed E-state index contributed by atoms with van der Waals surface area (Å²) >= 11 is 3.33. The number of nitrogens with zero attached hydrogens (tertiary/aromatic N) is 2. The lowest BCUT2D eigenvalue weighted by atomic mass is 9.98. The van der Waals surface area contributed by atoms with E-state index >= 15 is 0 Å². The van der Waals surface area contributed by atoms with Crippen LogP contribution in [-0.2, 0) is 25.1 Å². The van der Waals surface area contributed by atoms with Crippen LogP contribution in [0.5, 0.6) is 0 Å². The molecule has 0 N–H and O–H groups in total. The Balaban J connectivity index is 1.61. The second kappa shape index (κ2) is 8.17. The van der Waals surface area contributed by atoms with E-state index in [4.69, 9.17) is 4.98 Å². The molecule has 0 unspecified atom stereocenters. The zero-order chi connectivity index (χ0) is 19.6. The van der Waals surface area contributed by atoms with E-state index in [-0.39, 0.29) is 5.56 Å². The molecule has 0 aliphatic heterocycles. The van der Waals surface area contributed by atoms with E-state index in [1.165, 1.54) is 28.8 Å². The van der Waals surface area contributed by atoms with Crippen molar-refractivity contribution in [2.75, 3.05) is 0 Å². The van der Waals surface area contributed by atoms with Crippen molar-refractivity contribution >= 4 is 33.3 Å². The molecule has 0 spiro atoms. The maximum Gasteiger partial charge on any atom is 0.272 e. The molecule has 2 aromatic carbocycles. The standard InChI is InChI=1S/C24H22N2OS2/c27-23-22-21(19-13-7-8-14-20(19)29-22)25-24(28-16-18-11-5-2-6-12-18)26(23)15-17-9-3-1-4-10-17/h1-6,9-12H,7-8,13-16H2. The van der Waals surface area contributed by atoms with Crippen LogP contribution in [0, 0.1) is 0 Å². The van der Waals surface area contributed by atoms with Gasteiger partial charge in [0.2, 0.25) is 0 Å². The van der Waals surface area contributed by atoms with E-state index in [9.17, 15) is 4.79 Å². The van der Waals surface area contributed by atoms with Crippen molar-refractivity contribution in [1.29, 1.82) is 0 Å². The largest absolute Gasteiger partial charge is 0.282 e. The van der Waals surface area contributed by atoms with Gasteiger partial charge >= 0.3 is 0 Å². The predicted molar refractivity (Wildman–Crippen MR) is 122 cm³/mol. The summed E-state index contributed by atoms with van der Waals surface area (Å²) in [6.45, 7) is 0.558. The zero-order valence-electron chi connectivity index (χ0n) is 16.1. The van der Waals surface area contributed by atoms with Gasteiger partial charge in [-0.05, 0) is 42.4 Å². The number of rotatable bonds is 5. The van der Waals surface area contributed by atoms with Crippen molar-refractivity contribution in [3.05, 3.63) is 92.6 Å². The van der Waals surface area contributed by atoms with E-state index < -0.39 is 0 Å². The second-order valence-corrected chi connectivity index (χ2v) is 9.48. The number of fused-ring (bicyclic) bond motifs is 3. The van der Waals surface area contributed by atoms with Gasteiger partial charge in [-0.2, -0.15) is 0 Å². The molecule has 3 nitrogen and oxygen atoms in total. The molecule has 4 aromatic rings. The molecule has 2 heterocycles.